The highest BCUT2D eigenvalue weighted by atomic mass is 19.1. The van der Waals surface area contributed by atoms with Crippen LogP contribution in [0.25, 0.3) is 0 Å². The van der Waals surface area contributed by atoms with Crippen molar-refractivity contribution in [3.8, 4) is 0 Å². The monoisotopic (exact) mass is 320 g/mol. The van der Waals surface area contributed by atoms with Gasteiger partial charge in [-0.15, -0.1) is 0 Å². The lowest BCUT2D eigenvalue weighted by molar-refractivity contribution is 0.415. The van der Waals surface area contributed by atoms with Crippen LogP contribution >= 0.6 is 0 Å². The summed E-state index contributed by atoms with van der Waals surface area (Å²) in [6, 6.07) is 6.39. The van der Waals surface area contributed by atoms with E-state index in [-0.39, 0.29) is 0 Å². The summed E-state index contributed by atoms with van der Waals surface area (Å²) in [5.41, 5.74) is 0.486. The van der Waals surface area contributed by atoms with Crippen molar-refractivity contribution in [3.05, 3.63) is 48.3 Å². The van der Waals surface area contributed by atoms with E-state index in [1.165, 1.54) is 12.1 Å². The van der Waals surface area contributed by atoms with E-state index in [2.05, 4.69) is 17.3 Å². The minimum absolute atomic E-state index is 0.326. The van der Waals surface area contributed by atoms with Gasteiger partial charge in [0, 0.05) is 50.2 Å². The van der Waals surface area contributed by atoms with Gasteiger partial charge in [-0.25, -0.2) is 8.78 Å². The van der Waals surface area contributed by atoms with Gasteiger partial charge in [0.25, 0.3) is 0 Å². The Morgan fingerprint density at radius 2 is 2.26 bits per heavy atom. The number of rotatable bonds is 6. The minimum Gasteiger partial charge on any atom is -0.368 e. The van der Waals surface area contributed by atoms with Gasteiger partial charge >= 0.3 is 0 Å². The first kappa shape index (κ1) is 15.9. The molecule has 23 heavy (non-hydrogen) atoms. The van der Waals surface area contributed by atoms with Crippen LogP contribution < -0.4 is 10.2 Å². The summed E-state index contributed by atoms with van der Waals surface area (Å²) >= 11 is 0. The van der Waals surface area contributed by atoms with Gasteiger partial charge < -0.3 is 10.2 Å². The first-order valence-corrected chi connectivity index (χ1v) is 8.05. The number of hydrogen-bond acceptors (Lipinski definition) is 3. The number of nitrogens with zero attached hydrogens (tertiary/aromatic N) is 3. The zero-order valence-corrected chi connectivity index (χ0v) is 13.3. The van der Waals surface area contributed by atoms with Crippen LogP contribution in [-0.2, 0) is 6.54 Å². The zero-order valence-electron chi connectivity index (χ0n) is 13.3. The Bertz CT molecular complexity index is 630. The summed E-state index contributed by atoms with van der Waals surface area (Å²) in [4.78, 5) is 1.98. The number of hydrogen-bond donors (Lipinski definition) is 1. The summed E-state index contributed by atoms with van der Waals surface area (Å²) in [5.74, 6) is -1.02. The van der Waals surface area contributed by atoms with Crippen LogP contribution in [0.4, 0.5) is 14.5 Å². The fourth-order valence-electron chi connectivity index (χ4n) is 3.10. The average molecular weight is 320 g/mol. The lowest BCUT2D eigenvalue weighted by atomic mass is 10.2. The molecule has 0 spiro atoms. The van der Waals surface area contributed by atoms with E-state index in [1.807, 2.05) is 21.8 Å². The topological polar surface area (TPSA) is 33.1 Å². The van der Waals surface area contributed by atoms with E-state index in [0.29, 0.717) is 17.8 Å². The molecular formula is C17H22F2N4. The Labute approximate surface area is 135 Å². The third kappa shape index (κ3) is 4.07. The van der Waals surface area contributed by atoms with Crippen LogP contribution in [0.15, 0.2) is 36.7 Å². The van der Waals surface area contributed by atoms with Crippen molar-refractivity contribution in [2.24, 2.45) is 0 Å². The molecule has 1 aromatic carbocycles. The number of aryl methyl sites for hydroxylation is 1. The molecule has 1 aromatic heterocycles. The van der Waals surface area contributed by atoms with Crippen molar-refractivity contribution >= 4 is 5.69 Å². The van der Waals surface area contributed by atoms with Crippen LogP contribution in [0.2, 0.25) is 0 Å². The van der Waals surface area contributed by atoms with Crippen molar-refractivity contribution in [3.63, 3.8) is 0 Å². The van der Waals surface area contributed by atoms with Crippen LogP contribution in [0.5, 0.6) is 0 Å². The molecule has 1 aliphatic heterocycles. The predicted molar refractivity (Wildman–Crippen MR) is 86.4 cm³/mol. The normalized spacial score (nSPS) is 19.3. The summed E-state index contributed by atoms with van der Waals surface area (Å²) in [6.07, 6.45) is 5.69. The van der Waals surface area contributed by atoms with Gasteiger partial charge in [0.1, 0.15) is 11.6 Å². The summed E-state index contributed by atoms with van der Waals surface area (Å²) in [5, 5.41) is 7.79. The van der Waals surface area contributed by atoms with Gasteiger partial charge in [-0.1, -0.05) is 0 Å². The van der Waals surface area contributed by atoms with Crippen LogP contribution in [0, 0.1) is 11.6 Å². The van der Waals surface area contributed by atoms with Crippen LogP contribution in [0.3, 0.4) is 0 Å². The van der Waals surface area contributed by atoms with Crippen LogP contribution in [0.1, 0.15) is 19.8 Å². The molecule has 2 atom stereocenters. The fraction of sp³-hybridized carbons (Fsp3) is 0.471. The molecular weight excluding hydrogens is 298 g/mol. The first-order valence-electron chi connectivity index (χ1n) is 8.05. The van der Waals surface area contributed by atoms with Gasteiger partial charge in [0.05, 0.1) is 5.69 Å². The highest BCUT2D eigenvalue weighted by Crippen LogP contribution is 2.24. The maximum absolute atomic E-state index is 13.9. The van der Waals surface area contributed by atoms with E-state index < -0.39 is 11.6 Å². The molecule has 3 rings (SSSR count). The number of benzene rings is 1. The largest absolute Gasteiger partial charge is 0.368 e. The number of anilines is 1. The third-order valence-electron chi connectivity index (χ3n) is 4.31. The molecule has 4 nitrogen and oxygen atoms in total. The van der Waals surface area contributed by atoms with E-state index in [9.17, 15) is 8.78 Å². The molecule has 1 N–H and O–H groups in total. The van der Waals surface area contributed by atoms with E-state index in [0.717, 1.165) is 38.5 Å². The highest BCUT2D eigenvalue weighted by Gasteiger charge is 2.25. The molecule has 0 bridgehead atoms. The molecule has 6 heteroatoms. The van der Waals surface area contributed by atoms with Crippen molar-refractivity contribution < 1.29 is 8.78 Å². The molecule has 0 saturated carbocycles. The van der Waals surface area contributed by atoms with Gasteiger partial charge in [0.2, 0.25) is 0 Å². The molecule has 1 saturated heterocycles. The number of nitrogens with one attached hydrogen (secondary N) is 1. The van der Waals surface area contributed by atoms with Crippen LogP contribution in [-0.4, -0.2) is 35.0 Å². The maximum Gasteiger partial charge on any atom is 0.149 e. The second-order valence-corrected chi connectivity index (χ2v) is 6.15. The Kier molecular flexibility index (Phi) is 4.91. The first-order chi connectivity index (χ1) is 11.1. The quantitative estimate of drug-likeness (QED) is 0.888. The number of halogens is 2. The minimum atomic E-state index is -0.535. The second kappa shape index (κ2) is 7.08. The summed E-state index contributed by atoms with van der Waals surface area (Å²) in [7, 11) is 0. The lowest BCUT2D eigenvalue weighted by Gasteiger charge is -2.22. The molecule has 0 amide bonds. The summed E-state index contributed by atoms with van der Waals surface area (Å²) in [6.45, 7) is 4.57. The maximum atomic E-state index is 13.9. The zero-order chi connectivity index (χ0) is 16.2. The van der Waals surface area contributed by atoms with E-state index in [1.54, 1.807) is 6.20 Å². The van der Waals surface area contributed by atoms with Crippen molar-refractivity contribution in [2.75, 3.05) is 18.0 Å². The molecule has 2 heterocycles. The van der Waals surface area contributed by atoms with Crippen molar-refractivity contribution in [2.45, 2.75) is 38.4 Å². The Morgan fingerprint density at radius 3 is 3.00 bits per heavy atom. The summed E-state index contributed by atoms with van der Waals surface area (Å²) < 4.78 is 28.8. The van der Waals surface area contributed by atoms with E-state index >= 15 is 0 Å². The van der Waals surface area contributed by atoms with Gasteiger partial charge in [-0.05, 0) is 38.0 Å². The number of aromatic nitrogens is 2. The molecule has 0 aliphatic carbocycles. The average Bonchev–Trinajstić information content (AvgIpc) is 3.17. The second-order valence-electron chi connectivity index (χ2n) is 6.15. The van der Waals surface area contributed by atoms with Crippen molar-refractivity contribution in [1.82, 2.24) is 15.1 Å². The molecule has 0 unspecified atom stereocenters. The Balaban J connectivity index is 1.49. The lowest BCUT2D eigenvalue weighted by Crippen LogP contribution is -2.39. The predicted octanol–water partition coefficient (Wildman–Crippen LogP) is 2.81. The molecule has 124 valence electrons. The standard InChI is InChI=1S/C17H22F2N4/c1-13(5-10-23-8-2-7-20-23)21-15-6-9-22(12-15)17-4-3-14(18)11-16(17)19/h2-4,7-8,11,13,15,21H,5-6,9-10,12H2,1H3/t13-,15-/m0/s1. The SMILES string of the molecule is C[C@@H](CCn1cccn1)N[C@H]1CCN(c2ccc(F)cc2F)C1. The van der Waals surface area contributed by atoms with Crippen molar-refractivity contribution in [1.29, 1.82) is 0 Å². The Morgan fingerprint density at radius 1 is 1.39 bits per heavy atom. The molecule has 1 fully saturated rings. The van der Waals surface area contributed by atoms with Gasteiger partial charge in [-0.3, -0.25) is 4.68 Å². The molecule has 2 aromatic rings. The molecule has 1 aliphatic rings. The molecule has 0 radical (unpaired) electrons. The third-order valence-corrected chi connectivity index (χ3v) is 4.31. The smallest absolute Gasteiger partial charge is 0.149 e. The van der Waals surface area contributed by atoms with E-state index in [4.69, 9.17) is 0 Å². The van der Waals surface area contributed by atoms with Gasteiger partial charge in [-0.2, -0.15) is 5.10 Å². The fourth-order valence-corrected chi connectivity index (χ4v) is 3.10. The Hall–Kier alpha value is -1.95. The van der Waals surface area contributed by atoms with Gasteiger partial charge in [0.15, 0.2) is 0 Å². The highest BCUT2D eigenvalue weighted by molar-refractivity contribution is 5.49.